The van der Waals surface area contributed by atoms with Gasteiger partial charge in [0, 0.05) is 5.27 Å². The van der Waals surface area contributed by atoms with Crippen LogP contribution in [0.1, 0.15) is 5.69 Å². The van der Waals surface area contributed by atoms with Crippen LogP contribution in [0, 0.1) is 0 Å². The van der Waals surface area contributed by atoms with Gasteiger partial charge in [0.05, 0.1) is 5.57 Å². The zero-order valence-corrected chi connectivity index (χ0v) is 4.94. The van der Waals surface area contributed by atoms with Crippen molar-refractivity contribution >= 4 is 11.5 Å². The fraction of sp³-hybridized carbons (Fsp3) is 0. The van der Waals surface area contributed by atoms with E-state index in [2.05, 4.69) is 21.5 Å². The molecule has 0 fully saturated rings. The molecule has 1 aromatic rings. The first-order chi connectivity index (χ1) is 4.72. The highest BCUT2D eigenvalue weighted by Gasteiger charge is 2.09. The van der Waals surface area contributed by atoms with Gasteiger partial charge in [-0.3, -0.25) is 0 Å². The van der Waals surface area contributed by atoms with Crippen LogP contribution in [0.2, 0.25) is 0 Å². The number of rotatable bonds is 2. The Labute approximate surface area is 55.9 Å². The van der Waals surface area contributed by atoms with Crippen molar-refractivity contribution in [2.24, 2.45) is 0 Å². The van der Waals surface area contributed by atoms with Crippen molar-refractivity contribution < 1.29 is 14.4 Å². The lowest BCUT2D eigenvalue weighted by Crippen LogP contribution is -1.97. The molecule has 0 bridgehead atoms. The van der Waals surface area contributed by atoms with E-state index in [9.17, 15) is 4.79 Å². The molecule has 1 aromatic heterocycles. The molecule has 10 heavy (non-hydrogen) atoms. The average molecular weight is 140 g/mol. The van der Waals surface area contributed by atoms with E-state index in [0.29, 0.717) is 0 Å². The third kappa shape index (κ3) is 1.02. The number of nitrogens with zero attached hydrogens (tertiary/aromatic N) is 2. The summed E-state index contributed by atoms with van der Waals surface area (Å²) in [6.45, 7) is 3.23. The predicted molar refractivity (Wildman–Crippen MR) is 31.0 cm³/mol. The van der Waals surface area contributed by atoms with Gasteiger partial charge in [0.25, 0.3) is 0 Å². The number of aromatic nitrogens is 2. The fourth-order valence-corrected chi connectivity index (χ4v) is 0.406. The van der Waals surface area contributed by atoms with Crippen LogP contribution >= 0.6 is 0 Å². The number of carboxylic acid groups (broad SMARTS) is 1. The molecule has 0 radical (unpaired) electrons. The molecule has 0 aliphatic rings. The molecule has 0 unspecified atom stereocenters. The molecular weight excluding hydrogens is 136 g/mol. The number of carbonyl (C=O) groups is 1. The molecule has 5 heteroatoms. The molecule has 1 rings (SSSR count). The topological polar surface area (TPSA) is 76.2 Å². The smallest absolute Gasteiger partial charge is 0.337 e. The average Bonchev–Trinajstić information content (AvgIpc) is 2.36. The Balaban J connectivity index is 2.88. The first-order valence-corrected chi connectivity index (χ1v) is 2.41. The second-order valence-corrected chi connectivity index (χ2v) is 1.57. The van der Waals surface area contributed by atoms with E-state index < -0.39 is 5.97 Å². The summed E-state index contributed by atoms with van der Waals surface area (Å²) in [6, 6.07) is 0. The monoisotopic (exact) mass is 140 g/mol. The van der Waals surface area contributed by atoms with Gasteiger partial charge in [0.2, 0.25) is 0 Å². The van der Waals surface area contributed by atoms with E-state index in [1.165, 1.54) is 0 Å². The molecule has 0 amide bonds. The number of carboxylic acids is 1. The first-order valence-electron chi connectivity index (χ1n) is 2.41. The summed E-state index contributed by atoms with van der Waals surface area (Å²) in [6.07, 6.45) is 1.12. The molecule has 0 saturated carbocycles. The third-order valence-corrected chi connectivity index (χ3v) is 0.927. The molecule has 1 N–H and O–H groups in total. The van der Waals surface area contributed by atoms with Gasteiger partial charge in [-0.25, -0.2) is 4.79 Å². The zero-order chi connectivity index (χ0) is 7.56. The minimum absolute atomic E-state index is 0.124. The maximum Gasteiger partial charge on any atom is 0.337 e. The lowest BCUT2D eigenvalue weighted by molar-refractivity contribution is -0.130. The quantitative estimate of drug-likeness (QED) is 0.592. The molecule has 0 spiro atoms. The minimum atomic E-state index is -1.13. The zero-order valence-electron chi connectivity index (χ0n) is 4.94. The SMILES string of the molecule is C=C(C(=O)O)c1conn1. The number of hydrogen-bond acceptors (Lipinski definition) is 4. The van der Waals surface area contributed by atoms with Crippen LogP contribution in [0.5, 0.6) is 0 Å². The second-order valence-electron chi connectivity index (χ2n) is 1.57. The second kappa shape index (κ2) is 2.30. The lowest BCUT2D eigenvalue weighted by Gasteiger charge is -1.87. The van der Waals surface area contributed by atoms with E-state index in [-0.39, 0.29) is 11.3 Å². The normalized spacial score (nSPS) is 9.20. The molecule has 0 atom stereocenters. The molecule has 0 aliphatic heterocycles. The van der Waals surface area contributed by atoms with Crippen molar-refractivity contribution in [1.82, 2.24) is 10.4 Å². The fourth-order valence-electron chi connectivity index (χ4n) is 0.406. The summed E-state index contributed by atoms with van der Waals surface area (Å²) in [4.78, 5) is 10.2. The Morgan fingerprint density at radius 2 is 2.50 bits per heavy atom. The van der Waals surface area contributed by atoms with Crippen LogP contribution in [0.3, 0.4) is 0 Å². The highest BCUT2D eigenvalue weighted by atomic mass is 16.5. The van der Waals surface area contributed by atoms with Gasteiger partial charge >= 0.3 is 5.97 Å². The van der Waals surface area contributed by atoms with Gasteiger partial charge in [-0.2, -0.15) is 0 Å². The molecule has 1 heterocycles. The minimum Gasteiger partial charge on any atom is -0.478 e. The van der Waals surface area contributed by atoms with Crippen molar-refractivity contribution in [3.05, 3.63) is 18.5 Å². The Morgan fingerprint density at radius 1 is 1.80 bits per heavy atom. The molecule has 0 aliphatic carbocycles. The Kier molecular flexibility index (Phi) is 1.49. The molecule has 0 aromatic carbocycles. The standard InChI is InChI=1S/C5H4N2O3/c1-3(5(8)9)4-2-10-7-6-4/h2H,1H2,(H,8,9). The van der Waals surface area contributed by atoms with Crippen molar-refractivity contribution in [2.45, 2.75) is 0 Å². The van der Waals surface area contributed by atoms with Crippen molar-refractivity contribution in [3.8, 4) is 0 Å². The Bertz CT molecular complexity index is 252. The summed E-state index contributed by atoms with van der Waals surface area (Å²) in [5, 5.41) is 14.8. The van der Waals surface area contributed by atoms with Crippen LogP contribution in [0.25, 0.3) is 5.57 Å². The molecular formula is C5H4N2O3. The van der Waals surface area contributed by atoms with E-state index in [1.807, 2.05) is 0 Å². The third-order valence-electron chi connectivity index (χ3n) is 0.927. The molecule has 52 valence electrons. The van der Waals surface area contributed by atoms with Crippen molar-refractivity contribution in [3.63, 3.8) is 0 Å². The number of aliphatic carboxylic acids is 1. The van der Waals surface area contributed by atoms with E-state index in [4.69, 9.17) is 5.11 Å². The summed E-state index contributed by atoms with van der Waals surface area (Å²) >= 11 is 0. The lowest BCUT2D eigenvalue weighted by atomic mass is 10.2. The molecule has 0 saturated heterocycles. The van der Waals surface area contributed by atoms with E-state index in [1.54, 1.807) is 0 Å². The number of hydrogen-bond donors (Lipinski definition) is 1. The van der Waals surface area contributed by atoms with Gasteiger partial charge in [0.1, 0.15) is 5.69 Å². The van der Waals surface area contributed by atoms with E-state index in [0.717, 1.165) is 6.26 Å². The maximum atomic E-state index is 10.2. The van der Waals surface area contributed by atoms with Crippen LogP contribution < -0.4 is 0 Å². The predicted octanol–water partition coefficient (Wildman–Crippen LogP) is 0.167. The van der Waals surface area contributed by atoms with Gasteiger partial charge in [-0.15, -0.1) is 5.10 Å². The van der Waals surface area contributed by atoms with Crippen molar-refractivity contribution in [1.29, 1.82) is 0 Å². The summed E-state index contributed by atoms with van der Waals surface area (Å²) in [5.74, 6) is -1.13. The van der Waals surface area contributed by atoms with Crippen LogP contribution in [0.4, 0.5) is 0 Å². The Hall–Kier alpha value is -1.65. The maximum absolute atomic E-state index is 10.2. The van der Waals surface area contributed by atoms with Crippen LogP contribution in [0.15, 0.2) is 17.4 Å². The van der Waals surface area contributed by atoms with Gasteiger partial charge in [-0.05, 0) is 0 Å². The first kappa shape index (κ1) is 6.47. The summed E-state index contributed by atoms with van der Waals surface area (Å²) < 4.78 is 4.30. The van der Waals surface area contributed by atoms with Gasteiger partial charge in [0.15, 0.2) is 6.26 Å². The molecule has 5 nitrogen and oxygen atoms in total. The van der Waals surface area contributed by atoms with Crippen LogP contribution in [-0.2, 0) is 4.79 Å². The largest absolute Gasteiger partial charge is 0.478 e. The highest BCUT2D eigenvalue weighted by molar-refractivity contribution is 6.13. The van der Waals surface area contributed by atoms with Crippen LogP contribution in [-0.4, -0.2) is 21.4 Å². The van der Waals surface area contributed by atoms with Gasteiger partial charge in [-0.1, -0.05) is 6.58 Å². The van der Waals surface area contributed by atoms with Crippen molar-refractivity contribution in [2.75, 3.05) is 0 Å². The Morgan fingerprint density at radius 3 is 2.90 bits per heavy atom. The summed E-state index contributed by atoms with van der Waals surface area (Å²) in [7, 11) is 0. The van der Waals surface area contributed by atoms with Gasteiger partial charge < -0.3 is 9.63 Å². The van der Waals surface area contributed by atoms with E-state index >= 15 is 0 Å². The highest BCUT2D eigenvalue weighted by Crippen LogP contribution is 2.06. The summed E-state index contributed by atoms with van der Waals surface area (Å²) in [5.41, 5.74) is 0.0220.